The van der Waals surface area contributed by atoms with Crippen molar-refractivity contribution in [1.82, 2.24) is 4.90 Å². The third kappa shape index (κ3) is 7.92. The van der Waals surface area contributed by atoms with Gasteiger partial charge < -0.3 is 14.2 Å². The monoisotopic (exact) mass is 591 g/mol. The van der Waals surface area contributed by atoms with Crippen LogP contribution >= 0.6 is 0 Å². The van der Waals surface area contributed by atoms with E-state index in [9.17, 15) is 14.4 Å². The summed E-state index contributed by atoms with van der Waals surface area (Å²) in [7, 11) is 0. The van der Waals surface area contributed by atoms with E-state index in [1.165, 1.54) is 4.90 Å². The Kier molecular flexibility index (Phi) is 10.4. The van der Waals surface area contributed by atoms with Crippen molar-refractivity contribution in [3.05, 3.63) is 137 Å². The number of carbonyl (C=O) groups is 3. The van der Waals surface area contributed by atoms with Crippen LogP contribution in [0.5, 0.6) is 5.75 Å². The molecule has 0 unspecified atom stereocenters. The lowest BCUT2D eigenvalue weighted by atomic mass is 9.90. The summed E-state index contributed by atoms with van der Waals surface area (Å²) >= 11 is 0. The van der Waals surface area contributed by atoms with Crippen LogP contribution in [0, 0.1) is 5.92 Å². The lowest BCUT2D eigenvalue weighted by Crippen LogP contribution is -2.44. The van der Waals surface area contributed by atoms with Crippen molar-refractivity contribution in [3.8, 4) is 5.75 Å². The van der Waals surface area contributed by atoms with E-state index in [-0.39, 0.29) is 19.1 Å². The quantitative estimate of drug-likeness (QED) is 0.159. The van der Waals surface area contributed by atoms with Crippen molar-refractivity contribution in [1.29, 1.82) is 0 Å². The number of hydrogen-bond donors (Lipinski definition) is 0. The first kappa shape index (κ1) is 30.5. The number of cyclic esters (lactones) is 1. The summed E-state index contributed by atoms with van der Waals surface area (Å²) in [5.74, 6) is -0.932. The van der Waals surface area contributed by atoms with Gasteiger partial charge in [0.1, 0.15) is 24.5 Å². The molecule has 0 saturated carbocycles. The molecule has 0 aromatic heterocycles. The van der Waals surface area contributed by atoms with Crippen LogP contribution in [-0.4, -0.2) is 42.1 Å². The molecule has 0 spiro atoms. The van der Waals surface area contributed by atoms with Crippen LogP contribution in [-0.2, 0) is 40.1 Å². The number of nitrogens with zero attached hydrogens (tertiary/aromatic N) is 1. The van der Waals surface area contributed by atoms with Gasteiger partial charge in [0.2, 0.25) is 5.91 Å². The lowest BCUT2D eigenvalue weighted by Gasteiger charge is -2.25. The molecule has 1 aliphatic heterocycles. The van der Waals surface area contributed by atoms with Crippen LogP contribution < -0.4 is 4.74 Å². The highest BCUT2D eigenvalue weighted by Crippen LogP contribution is 2.27. The third-order valence-corrected chi connectivity index (χ3v) is 7.61. The van der Waals surface area contributed by atoms with Gasteiger partial charge in [0, 0.05) is 5.92 Å². The van der Waals surface area contributed by atoms with E-state index >= 15 is 0 Å². The number of amides is 2. The molecule has 0 radical (unpaired) electrons. The number of imide groups is 1. The second-order valence-corrected chi connectivity index (χ2v) is 11.0. The molecular weight excluding hydrogens is 554 g/mol. The van der Waals surface area contributed by atoms with E-state index in [0.717, 1.165) is 28.7 Å². The molecule has 226 valence electrons. The molecule has 7 heteroatoms. The molecule has 1 saturated heterocycles. The number of carbonyl (C=O) groups excluding carboxylic acids is 3. The fourth-order valence-electron chi connectivity index (χ4n) is 5.40. The molecule has 0 bridgehead atoms. The highest BCUT2D eigenvalue weighted by atomic mass is 16.6. The Morgan fingerprint density at radius 3 is 2.09 bits per heavy atom. The highest BCUT2D eigenvalue weighted by Gasteiger charge is 2.41. The van der Waals surface area contributed by atoms with E-state index in [0.29, 0.717) is 37.2 Å². The number of hydrogen-bond acceptors (Lipinski definition) is 6. The van der Waals surface area contributed by atoms with Crippen LogP contribution in [0.25, 0.3) is 0 Å². The molecule has 1 heterocycles. The van der Waals surface area contributed by atoms with E-state index in [2.05, 4.69) is 0 Å². The van der Waals surface area contributed by atoms with Crippen LogP contribution in [0.15, 0.2) is 109 Å². The zero-order chi connectivity index (χ0) is 30.7. The van der Waals surface area contributed by atoms with Crippen LogP contribution in [0.4, 0.5) is 4.79 Å². The van der Waals surface area contributed by atoms with Crippen LogP contribution in [0.3, 0.4) is 0 Å². The molecule has 1 aliphatic rings. The molecule has 4 aromatic carbocycles. The van der Waals surface area contributed by atoms with Crippen molar-refractivity contribution in [2.75, 3.05) is 13.2 Å². The molecule has 0 aliphatic carbocycles. The molecule has 0 N–H and O–H groups in total. The Bertz CT molecular complexity index is 1540. The maximum absolute atomic E-state index is 14.2. The predicted molar refractivity (Wildman–Crippen MR) is 167 cm³/mol. The van der Waals surface area contributed by atoms with Crippen LogP contribution in [0.2, 0.25) is 0 Å². The Morgan fingerprint density at radius 2 is 1.43 bits per heavy atom. The van der Waals surface area contributed by atoms with Crippen molar-refractivity contribution < 1.29 is 28.6 Å². The minimum atomic E-state index is -0.623. The summed E-state index contributed by atoms with van der Waals surface area (Å²) in [6.07, 6.45) is 1.40. The Morgan fingerprint density at radius 1 is 0.818 bits per heavy atom. The van der Waals surface area contributed by atoms with Gasteiger partial charge in [0.25, 0.3) is 0 Å². The SMILES string of the molecule is CCCOc1ccc(C[C@H](Cc2ccccc2)C(=O)N2C(=O)OC[C@@H]2Cc2ccccc2)cc1C(=O)OCc1ccccc1. The predicted octanol–water partition coefficient (Wildman–Crippen LogP) is 6.82. The first-order valence-electron chi connectivity index (χ1n) is 15.1. The first-order chi connectivity index (χ1) is 21.5. The molecule has 5 rings (SSSR count). The van der Waals surface area contributed by atoms with Crippen LogP contribution in [0.1, 0.15) is 46.0 Å². The summed E-state index contributed by atoms with van der Waals surface area (Å²) in [6.45, 7) is 2.73. The molecule has 2 atom stereocenters. The average molecular weight is 592 g/mol. The van der Waals surface area contributed by atoms with E-state index in [1.54, 1.807) is 12.1 Å². The zero-order valence-electron chi connectivity index (χ0n) is 24.9. The summed E-state index contributed by atoms with van der Waals surface area (Å²) in [6, 6.07) is 34.0. The number of benzene rings is 4. The van der Waals surface area contributed by atoms with Gasteiger partial charge in [-0.2, -0.15) is 0 Å². The van der Waals surface area contributed by atoms with Gasteiger partial charge in [-0.3, -0.25) is 4.79 Å². The standard InChI is InChI=1S/C37H37NO6/c1-2-20-42-34-19-18-30(24-33(34)36(40)43-25-29-16-10-5-11-17-29)22-31(21-27-12-6-3-7-13-27)35(39)38-32(26-44-37(38)41)23-28-14-8-4-9-15-28/h3-19,24,31-32H,2,20-23,25-26H2,1H3/t31-,32-/m0/s1. The Labute approximate surface area is 258 Å². The van der Waals surface area contributed by atoms with Gasteiger partial charge in [-0.15, -0.1) is 0 Å². The Hall–Kier alpha value is -4.91. The average Bonchev–Trinajstić information content (AvgIpc) is 3.42. The molecule has 2 amide bonds. The van der Waals surface area contributed by atoms with Crippen molar-refractivity contribution in [2.45, 2.75) is 45.3 Å². The number of rotatable bonds is 13. The minimum Gasteiger partial charge on any atom is -0.493 e. The first-order valence-corrected chi connectivity index (χ1v) is 15.1. The van der Waals surface area contributed by atoms with E-state index < -0.39 is 24.0 Å². The smallest absolute Gasteiger partial charge is 0.416 e. The minimum absolute atomic E-state index is 0.131. The topological polar surface area (TPSA) is 82.1 Å². The van der Waals surface area contributed by atoms with Crippen molar-refractivity contribution in [2.24, 2.45) is 5.92 Å². The zero-order valence-corrected chi connectivity index (χ0v) is 24.9. The van der Waals surface area contributed by atoms with Gasteiger partial charge in [-0.1, -0.05) is 104 Å². The number of ether oxygens (including phenoxy) is 3. The largest absolute Gasteiger partial charge is 0.493 e. The molecule has 1 fully saturated rings. The summed E-state index contributed by atoms with van der Waals surface area (Å²) < 4.78 is 16.9. The van der Waals surface area contributed by atoms with Gasteiger partial charge in [-0.25, -0.2) is 14.5 Å². The normalized spacial score (nSPS) is 15.0. The van der Waals surface area contributed by atoms with Crippen molar-refractivity contribution in [3.63, 3.8) is 0 Å². The maximum Gasteiger partial charge on any atom is 0.416 e. The van der Waals surface area contributed by atoms with Gasteiger partial charge >= 0.3 is 12.1 Å². The maximum atomic E-state index is 14.2. The van der Waals surface area contributed by atoms with Gasteiger partial charge in [-0.05, 0) is 60.1 Å². The third-order valence-electron chi connectivity index (χ3n) is 7.61. The number of esters is 1. The lowest BCUT2D eigenvalue weighted by molar-refractivity contribution is -0.133. The fourth-order valence-corrected chi connectivity index (χ4v) is 5.40. The van der Waals surface area contributed by atoms with Gasteiger partial charge in [0.05, 0.1) is 12.6 Å². The van der Waals surface area contributed by atoms with E-state index in [1.807, 2.05) is 104 Å². The second-order valence-electron chi connectivity index (χ2n) is 11.0. The molecule has 44 heavy (non-hydrogen) atoms. The summed E-state index contributed by atoms with van der Waals surface area (Å²) in [4.78, 5) is 41.6. The molecule has 4 aromatic rings. The summed E-state index contributed by atoms with van der Waals surface area (Å²) in [5.41, 5.74) is 3.95. The second kappa shape index (κ2) is 15.0. The Balaban J connectivity index is 1.41. The van der Waals surface area contributed by atoms with Crippen molar-refractivity contribution >= 4 is 18.0 Å². The molecule has 7 nitrogen and oxygen atoms in total. The highest BCUT2D eigenvalue weighted by molar-refractivity contribution is 5.95. The molecular formula is C37H37NO6. The summed E-state index contributed by atoms with van der Waals surface area (Å²) in [5, 5.41) is 0. The fraction of sp³-hybridized carbons (Fsp3) is 0.270. The van der Waals surface area contributed by atoms with E-state index in [4.69, 9.17) is 14.2 Å². The van der Waals surface area contributed by atoms with Gasteiger partial charge in [0.15, 0.2) is 0 Å².